The van der Waals surface area contributed by atoms with Crippen LogP contribution in [0.2, 0.25) is 10.0 Å². The summed E-state index contributed by atoms with van der Waals surface area (Å²) in [5.41, 5.74) is 1.27. The molecule has 0 amide bonds. The molecule has 19 heavy (non-hydrogen) atoms. The number of rotatable bonds is 2. The third-order valence-electron chi connectivity index (χ3n) is 2.75. The molecule has 0 saturated carbocycles. The molecule has 5 heteroatoms. The second-order valence-electron chi connectivity index (χ2n) is 4.08. The topological polar surface area (TPSA) is 37.3 Å². The van der Waals surface area contributed by atoms with E-state index >= 15 is 0 Å². The monoisotopic (exact) mass is 298 g/mol. The maximum atomic E-state index is 13.4. The molecule has 98 valence electrons. The molecule has 2 aromatic rings. The lowest BCUT2D eigenvalue weighted by Crippen LogP contribution is -2.00. The zero-order valence-corrected chi connectivity index (χ0v) is 11.4. The highest BCUT2D eigenvalue weighted by Crippen LogP contribution is 2.34. The van der Waals surface area contributed by atoms with E-state index in [0.717, 1.165) is 0 Å². The average Bonchev–Trinajstić information content (AvgIpc) is 2.33. The van der Waals surface area contributed by atoms with Crippen LogP contribution in [-0.2, 0) is 0 Å². The van der Waals surface area contributed by atoms with Crippen LogP contribution in [0.25, 0.3) is 11.1 Å². The van der Waals surface area contributed by atoms with Crippen LogP contribution >= 0.6 is 23.2 Å². The Bertz CT molecular complexity index is 669. The number of carbonyl (C=O) groups is 1. The molecule has 2 rings (SSSR count). The van der Waals surface area contributed by atoms with E-state index in [9.17, 15) is 14.3 Å². The fourth-order valence-corrected chi connectivity index (χ4v) is 2.21. The lowest BCUT2D eigenvalue weighted by molar-refractivity contribution is 0.0698. The molecule has 0 aliphatic rings. The minimum absolute atomic E-state index is 0.0670. The van der Waals surface area contributed by atoms with E-state index in [-0.39, 0.29) is 10.6 Å². The number of benzene rings is 2. The van der Waals surface area contributed by atoms with Crippen LogP contribution in [0.1, 0.15) is 15.9 Å². The molecule has 0 fully saturated rings. The second-order valence-corrected chi connectivity index (χ2v) is 4.92. The van der Waals surface area contributed by atoms with Crippen molar-refractivity contribution >= 4 is 29.2 Å². The predicted octanol–water partition coefficient (Wildman–Crippen LogP) is 4.81. The van der Waals surface area contributed by atoms with Crippen LogP contribution in [0.4, 0.5) is 4.39 Å². The maximum absolute atomic E-state index is 13.4. The highest BCUT2D eigenvalue weighted by molar-refractivity contribution is 6.34. The molecular formula is C14H9Cl2FO2. The number of halogens is 3. The first-order chi connectivity index (χ1) is 8.90. The van der Waals surface area contributed by atoms with Crippen LogP contribution in [0, 0.1) is 12.7 Å². The zero-order chi connectivity index (χ0) is 14.2. The van der Waals surface area contributed by atoms with Crippen LogP contribution in [0.5, 0.6) is 0 Å². The molecular weight excluding hydrogens is 290 g/mol. The van der Waals surface area contributed by atoms with Crippen LogP contribution in [0.3, 0.4) is 0 Å². The van der Waals surface area contributed by atoms with Crippen molar-refractivity contribution in [1.82, 2.24) is 0 Å². The van der Waals surface area contributed by atoms with Crippen molar-refractivity contribution < 1.29 is 14.3 Å². The maximum Gasteiger partial charge on any atom is 0.336 e. The Morgan fingerprint density at radius 3 is 2.47 bits per heavy atom. The Morgan fingerprint density at radius 1 is 1.16 bits per heavy atom. The SMILES string of the molecule is Cc1cc(-c2cc(Cl)ccc2C(=O)O)c(Cl)cc1F. The number of carboxylic acid groups (broad SMARTS) is 1. The smallest absolute Gasteiger partial charge is 0.336 e. The van der Waals surface area contributed by atoms with E-state index in [1.54, 1.807) is 6.92 Å². The van der Waals surface area contributed by atoms with Crippen LogP contribution < -0.4 is 0 Å². The molecule has 2 aromatic carbocycles. The highest BCUT2D eigenvalue weighted by Gasteiger charge is 2.16. The standard InChI is InChI=1S/C14H9Cl2FO2/c1-7-4-11(12(16)6-13(7)17)10-5-8(15)2-3-9(10)14(18)19/h2-6H,1H3,(H,18,19). The number of aryl methyl sites for hydroxylation is 1. The molecule has 0 aromatic heterocycles. The number of carboxylic acids is 1. The number of aromatic carboxylic acids is 1. The third kappa shape index (κ3) is 2.72. The molecule has 0 spiro atoms. The molecule has 2 nitrogen and oxygen atoms in total. The summed E-state index contributed by atoms with van der Waals surface area (Å²) in [7, 11) is 0. The van der Waals surface area contributed by atoms with Crippen molar-refractivity contribution in [3.63, 3.8) is 0 Å². The van der Waals surface area contributed by atoms with E-state index in [4.69, 9.17) is 23.2 Å². The molecule has 0 unspecified atom stereocenters. The summed E-state index contributed by atoms with van der Waals surface area (Å²) in [6.45, 7) is 1.58. The van der Waals surface area contributed by atoms with Gasteiger partial charge in [-0.1, -0.05) is 23.2 Å². The van der Waals surface area contributed by atoms with Crippen molar-refractivity contribution in [2.45, 2.75) is 6.92 Å². The lowest BCUT2D eigenvalue weighted by atomic mass is 9.98. The van der Waals surface area contributed by atoms with Gasteiger partial charge in [0.2, 0.25) is 0 Å². The van der Waals surface area contributed by atoms with Crippen molar-refractivity contribution in [3.05, 3.63) is 57.3 Å². The van der Waals surface area contributed by atoms with Gasteiger partial charge in [0.25, 0.3) is 0 Å². The third-order valence-corrected chi connectivity index (χ3v) is 3.30. The largest absolute Gasteiger partial charge is 0.478 e. The fourth-order valence-electron chi connectivity index (χ4n) is 1.79. The fraction of sp³-hybridized carbons (Fsp3) is 0.0714. The van der Waals surface area contributed by atoms with Gasteiger partial charge in [-0.25, -0.2) is 9.18 Å². The van der Waals surface area contributed by atoms with Crippen molar-refractivity contribution in [2.24, 2.45) is 0 Å². The van der Waals surface area contributed by atoms with Gasteiger partial charge in [-0.05, 0) is 48.4 Å². The average molecular weight is 299 g/mol. The van der Waals surface area contributed by atoms with Crippen molar-refractivity contribution in [2.75, 3.05) is 0 Å². The second kappa shape index (κ2) is 5.19. The Balaban J connectivity index is 2.74. The van der Waals surface area contributed by atoms with Crippen molar-refractivity contribution in [3.8, 4) is 11.1 Å². The van der Waals surface area contributed by atoms with Crippen LogP contribution in [-0.4, -0.2) is 11.1 Å². The summed E-state index contributed by atoms with van der Waals surface area (Å²) in [5, 5.41) is 9.71. The summed E-state index contributed by atoms with van der Waals surface area (Å²) in [6.07, 6.45) is 0. The summed E-state index contributed by atoms with van der Waals surface area (Å²) in [5.74, 6) is -1.53. The first-order valence-electron chi connectivity index (χ1n) is 5.39. The van der Waals surface area contributed by atoms with E-state index < -0.39 is 11.8 Å². The molecule has 0 aliphatic carbocycles. The summed E-state index contributed by atoms with van der Waals surface area (Å²) < 4.78 is 13.4. The molecule has 0 aliphatic heterocycles. The number of hydrogen-bond acceptors (Lipinski definition) is 1. The van der Waals surface area contributed by atoms with E-state index in [1.807, 2.05) is 0 Å². The quantitative estimate of drug-likeness (QED) is 0.864. The molecule has 0 atom stereocenters. The Labute approximate surface area is 119 Å². The van der Waals surface area contributed by atoms with Gasteiger partial charge in [0.05, 0.1) is 10.6 Å². The van der Waals surface area contributed by atoms with Gasteiger partial charge in [-0.3, -0.25) is 0 Å². The Hall–Kier alpha value is -1.58. The number of hydrogen-bond donors (Lipinski definition) is 1. The van der Waals surface area contributed by atoms with E-state index in [0.29, 0.717) is 21.7 Å². The molecule has 0 bridgehead atoms. The van der Waals surface area contributed by atoms with E-state index in [1.165, 1.54) is 30.3 Å². The molecule has 0 saturated heterocycles. The Kier molecular flexibility index (Phi) is 3.78. The summed E-state index contributed by atoms with van der Waals surface area (Å²) in [6, 6.07) is 7.06. The molecule has 0 heterocycles. The first kappa shape index (κ1) is 13.8. The van der Waals surface area contributed by atoms with Gasteiger partial charge in [0.1, 0.15) is 5.82 Å². The highest BCUT2D eigenvalue weighted by atomic mass is 35.5. The first-order valence-corrected chi connectivity index (χ1v) is 6.14. The minimum atomic E-state index is -1.09. The van der Waals surface area contributed by atoms with Crippen molar-refractivity contribution in [1.29, 1.82) is 0 Å². The van der Waals surface area contributed by atoms with Gasteiger partial charge < -0.3 is 5.11 Å². The van der Waals surface area contributed by atoms with Gasteiger partial charge in [-0.15, -0.1) is 0 Å². The van der Waals surface area contributed by atoms with Crippen LogP contribution in [0.15, 0.2) is 30.3 Å². The van der Waals surface area contributed by atoms with Gasteiger partial charge in [0, 0.05) is 10.6 Å². The summed E-state index contributed by atoms with van der Waals surface area (Å²) >= 11 is 11.9. The minimum Gasteiger partial charge on any atom is -0.478 e. The summed E-state index contributed by atoms with van der Waals surface area (Å²) in [4.78, 5) is 11.2. The normalized spacial score (nSPS) is 10.5. The van der Waals surface area contributed by atoms with Gasteiger partial charge in [0.15, 0.2) is 0 Å². The van der Waals surface area contributed by atoms with Gasteiger partial charge >= 0.3 is 5.97 Å². The van der Waals surface area contributed by atoms with E-state index in [2.05, 4.69) is 0 Å². The lowest BCUT2D eigenvalue weighted by Gasteiger charge is -2.10. The zero-order valence-electron chi connectivity index (χ0n) is 9.88. The molecule has 1 N–H and O–H groups in total. The molecule has 0 radical (unpaired) electrons. The Morgan fingerprint density at radius 2 is 1.84 bits per heavy atom. The predicted molar refractivity (Wildman–Crippen MR) is 73.6 cm³/mol. The van der Waals surface area contributed by atoms with Gasteiger partial charge in [-0.2, -0.15) is 0 Å².